The highest BCUT2D eigenvalue weighted by Gasteiger charge is 2.42. The molecular weight excluding hydrogens is 402 g/mol. The molecule has 1 aromatic heterocycles. The van der Waals surface area contributed by atoms with E-state index in [0.717, 1.165) is 41.7 Å². The van der Waals surface area contributed by atoms with Crippen LogP contribution in [-0.4, -0.2) is 28.5 Å². The second-order valence-electron chi connectivity index (χ2n) is 7.29. The summed E-state index contributed by atoms with van der Waals surface area (Å²) in [5.41, 5.74) is 4.27. The van der Waals surface area contributed by atoms with E-state index in [9.17, 15) is 4.79 Å². The number of benzene rings is 2. The molecule has 1 fully saturated rings. The van der Waals surface area contributed by atoms with E-state index in [4.69, 9.17) is 0 Å². The molecule has 0 atom stereocenters. The Balaban J connectivity index is 1.40. The molecule has 2 aliphatic heterocycles. The van der Waals surface area contributed by atoms with Gasteiger partial charge in [0.1, 0.15) is 0 Å². The fourth-order valence-corrected chi connectivity index (χ4v) is 4.60. The van der Waals surface area contributed by atoms with Crippen molar-refractivity contribution in [2.45, 2.75) is 18.4 Å². The predicted octanol–water partition coefficient (Wildman–Crippen LogP) is 4.80. The van der Waals surface area contributed by atoms with Crippen LogP contribution < -0.4 is 5.32 Å². The fraction of sp³-hybridized carbons (Fsp3) is 0.227. The molecule has 3 aromatic rings. The number of anilines is 1. The van der Waals surface area contributed by atoms with Crippen molar-refractivity contribution in [3.05, 3.63) is 82.6 Å². The maximum atomic E-state index is 12.9. The first kappa shape index (κ1) is 16.6. The van der Waals surface area contributed by atoms with Crippen LogP contribution in [0, 0.1) is 0 Å². The second-order valence-corrected chi connectivity index (χ2v) is 8.20. The molecule has 27 heavy (non-hydrogen) atoms. The van der Waals surface area contributed by atoms with Gasteiger partial charge in [0, 0.05) is 35.0 Å². The van der Waals surface area contributed by atoms with Gasteiger partial charge in [0.05, 0.1) is 16.9 Å². The Morgan fingerprint density at radius 3 is 2.48 bits per heavy atom. The smallest absolute Gasteiger partial charge is 0.253 e. The van der Waals surface area contributed by atoms with Crippen molar-refractivity contribution in [3.63, 3.8) is 0 Å². The van der Waals surface area contributed by atoms with Gasteiger partial charge < -0.3 is 14.8 Å². The summed E-state index contributed by atoms with van der Waals surface area (Å²) in [5.74, 6) is 0.115. The quantitative estimate of drug-likeness (QED) is 0.612. The van der Waals surface area contributed by atoms with E-state index in [1.807, 2.05) is 29.2 Å². The minimum Gasteiger partial charge on any atom is -0.372 e. The number of rotatable bonds is 1. The molecule has 5 heteroatoms. The van der Waals surface area contributed by atoms with Gasteiger partial charge in [-0.3, -0.25) is 4.79 Å². The van der Waals surface area contributed by atoms with Gasteiger partial charge in [-0.1, -0.05) is 28.1 Å². The number of hydrogen-bond donors (Lipinski definition) is 1. The van der Waals surface area contributed by atoms with Gasteiger partial charge >= 0.3 is 0 Å². The molecule has 0 unspecified atom stereocenters. The van der Waals surface area contributed by atoms with Crippen molar-refractivity contribution >= 4 is 27.5 Å². The molecule has 1 N–H and O–H groups in total. The van der Waals surface area contributed by atoms with E-state index in [-0.39, 0.29) is 11.4 Å². The van der Waals surface area contributed by atoms with Crippen LogP contribution in [0.25, 0.3) is 5.69 Å². The summed E-state index contributed by atoms with van der Waals surface area (Å²) in [6, 6.07) is 20.4. The Labute approximate surface area is 166 Å². The number of amides is 1. The third-order valence-electron chi connectivity index (χ3n) is 5.77. The summed E-state index contributed by atoms with van der Waals surface area (Å²) >= 11 is 3.43. The number of carbonyl (C=O) groups excluding carboxylic acids is 1. The zero-order valence-electron chi connectivity index (χ0n) is 14.9. The Morgan fingerprint density at radius 2 is 1.70 bits per heavy atom. The van der Waals surface area contributed by atoms with Crippen molar-refractivity contribution in [2.75, 3.05) is 18.4 Å². The highest BCUT2D eigenvalue weighted by atomic mass is 79.9. The normalized spacial score (nSPS) is 17.1. The second kappa shape index (κ2) is 6.27. The third kappa shape index (κ3) is 2.69. The summed E-state index contributed by atoms with van der Waals surface area (Å²) in [4.78, 5) is 14.8. The Bertz CT molecular complexity index is 1000. The van der Waals surface area contributed by atoms with Crippen LogP contribution in [0.4, 0.5) is 5.69 Å². The third-order valence-corrected chi connectivity index (χ3v) is 6.30. The molecule has 3 heterocycles. The number of likely N-dealkylation sites (tertiary alicyclic amines) is 1. The Kier molecular flexibility index (Phi) is 3.86. The number of para-hydroxylation sites is 2. The van der Waals surface area contributed by atoms with Crippen molar-refractivity contribution in [1.82, 2.24) is 9.47 Å². The summed E-state index contributed by atoms with van der Waals surface area (Å²) in [6.45, 7) is 1.49. The first-order valence-corrected chi connectivity index (χ1v) is 10.1. The number of carbonyl (C=O) groups is 1. The van der Waals surface area contributed by atoms with Crippen LogP contribution >= 0.6 is 15.9 Å². The molecular formula is C22H20BrN3O. The summed E-state index contributed by atoms with van der Waals surface area (Å²) < 4.78 is 3.28. The van der Waals surface area contributed by atoms with Gasteiger partial charge in [-0.15, -0.1) is 0 Å². The highest BCUT2D eigenvalue weighted by Crippen LogP contribution is 2.43. The number of halogens is 1. The van der Waals surface area contributed by atoms with E-state index >= 15 is 0 Å². The maximum absolute atomic E-state index is 12.9. The van der Waals surface area contributed by atoms with Crippen LogP contribution in [-0.2, 0) is 5.54 Å². The lowest BCUT2D eigenvalue weighted by atomic mass is 9.82. The van der Waals surface area contributed by atoms with Crippen molar-refractivity contribution < 1.29 is 4.79 Å². The molecule has 5 rings (SSSR count). The number of nitrogens with zero attached hydrogens (tertiary/aromatic N) is 2. The van der Waals surface area contributed by atoms with Gasteiger partial charge in [0.2, 0.25) is 0 Å². The Morgan fingerprint density at radius 1 is 0.963 bits per heavy atom. The monoisotopic (exact) mass is 421 g/mol. The molecule has 0 saturated carbocycles. The van der Waals surface area contributed by atoms with E-state index in [1.165, 1.54) is 11.4 Å². The van der Waals surface area contributed by atoms with Crippen LogP contribution in [0.15, 0.2) is 71.3 Å². The molecule has 0 radical (unpaired) electrons. The van der Waals surface area contributed by atoms with Crippen molar-refractivity contribution in [1.29, 1.82) is 0 Å². The summed E-state index contributed by atoms with van der Waals surface area (Å²) in [7, 11) is 0. The van der Waals surface area contributed by atoms with Crippen LogP contribution in [0.5, 0.6) is 0 Å². The summed E-state index contributed by atoms with van der Waals surface area (Å²) in [6.07, 6.45) is 3.93. The van der Waals surface area contributed by atoms with E-state index in [1.54, 1.807) is 0 Å². The highest BCUT2D eigenvalue weighted by molar-refractivity contribution is 9.10. The number of fused-ring (bicyclic) bond motifs is 4. The number of hydrogen-bond acceptors (Lipinski definition) is 2. The lowest BCUT2D eigenvalue weighted by molar-refractivity contribution is 0.0676. The molecule has 2 aliphatic rings. The lowest BCUT2D eigenvalue weighted by Gasteiger charge is -2.46. The first-order chi connectivity index (χ1) is 13.2. The maximum Gasteiger partial charge on any atom is 0.253 e. The van der Waals surface area contributed by atoms with Crippen LogP contribution in [0.1, 0.15) is 28.9 Å². The van der Waals surface area contributed by atoms with Crippen LogP contribution in [0.3, 0.4) is 0 Å². The Hall–Kier alpha value is -2.53. The van der Waals surface area contributed by atoms with Gasteiger partial charge in [0.25, 0.3) is 5.91 Å². The predicted molar refractivity (Wildman–Crippen MR) is 110 cm³/mol. The molecule has 1 saturated heterocycles. The van der Waals surface area contributed by atoms with Crippen molar-refractivity contribution in [2.24, 2.45) is 0 Å². The van der Waals surface area contributed by atoms with Gasteiger partial charge in [-0.25, -0.2) is 0 Å². The van der Waals surface area contributed by atoms with Gasteiger partial charge in [-0.05, 0) is 61.4 Å². The molecule has 1 amide bonds. The first-order valence-electron chi connectivity index (χ1n) is 9.27. The molecule has 0 aliphatic carbocycles. The van der Waals surface area contributed by atoms with Gasteiger partial charge in [-0.2, -0.15) is 0 Å². The lowest BCUT2D eigenvalue weighted by Crippen LogP contribution is -2.51. The average molecular weight is 422 g/mol. The molecule has 2 aromatic carbocycles. The molecule has 0 bridgehead atoms. The minimum absolute atomic E-state index is 0.115. The molecule has 1 spiro atoms. The zero-order valence-corrected chi connectivity index (χ0v) is 16.4. The van der Waals surface area contributed by atoms with Crippen LogP contribution in [0.2, 0.25) is 0 Å². The average Bonchev–Trinajstić information content (AvgIpc) is 3.20. The SMILES string of the molecule is O=C(c1ccc(Br)cc1)N1CCC2(CC1)Nc1ccccc1-n1cccc12. The van der Waals surface area contributed by atoms with Crippen molar-refractivity contribution in [3.8, 4) is 5.69 Å². The van der Waals surface area contributed by atoms with Gasteiger partial charge in [0.15, 0.2) is 0 Å². The zero-order chi connectivity index (χ0) is 18.4. The fourth-order valence-electron chi connectivity index (χ4n) is 4.34. The number of nitrogens with one attached hydrogen (secondary N) is 1. The number of aromatic nitrogens is 1. The van der Waals surface area contributed by atoms with E-state index in [0.29, 0.717) is 0 Å². The number of piperidine rings is 1. The topological polar surface area (TPSA) is 37.3 Å². The standard InChI is InChI=1S/C22H20BrN3O/c23-17-9-7-16(8-10-17)21(27)25-14-11-22(12-15-25)20-6-3-13-26(20)19-5-2-1-4-18(19)24-22/h1-10,13,24H,11-12,14-15H2. The molecule has 136 valence electrons. The molecule has 4 nitrogen and oxygen atoms in total. The van der Waals surface area contributed by atoms with E-state index < -0.39 is 0 Å². The summed E-state index contributed by atoms with van der Waals surface area (Å²) in [5, 5.41) is 3.80. The van der Waals surface area contributed by atoms with E-state index in [2.05, 4.69) is 68.4 Å². The largest absolute Gasteiger partial charge is 0.372 e. The minimum atomic E-state index is -0.117.